The summed E-state index contributed by atoms with van der Waals surface area (Å²) in [5.74, 6) is 1.19. The van der Waals surface area contributed by atoms with E-state index in [4.69, 9.17) is 10.7 Å². The summed E-state index contributed by atoms with van der Waals surface area (Å²) in [6.45, 7) is 5.16. The minimum Gasteiger partial charge on any atom is -0.356 e. The van der Waals surface area contributed by atoms with Crippen LogP contribution in [-0.2, 0) is 6.42 Å². The Morgan fingerprint density at radius 1 is 1.14 bits per heavy atom. The van der Waals surface area contributed by atoms with Crippen molar-refractivity contribution in [1.29, 1.82) is 0 Å². The number of fused-ring (bicyclic) bond motifs is 1. The van der Waals surface area contributed by atoms with Crippen molar-refractivity contribution in [2.24, 2.45) is 5.73 Å². The molecule has 112 valence electrons. The molecular weight excluding hydrogens is 258 g/mol. The average Bonchev–Trinajstić information content (AvgIpc) is 2.52. The molecule has 3 nitrogen and oxygen atoms in total. The van der Waals surface area contributed by atoms with Crippen molar-refractivity contribution in [3.63, 3.8) is 0 Å². The van der Waals surface area contributed by atoms with Crippen molar-refractivity contribution >= 4 is 16.7 Å². The lowest BCUT2D eigenvalue weighted by Crippen LogP contribution is -2.31. The molecule has 1 aliphatic rings. The van der Waals surface area contributed by atoms with Crippen molar-refractivity contribution in [3.8, 4) is 0 Å². The van der Waals surface area contributed by atoms with Crippen LogP contribution in [0.25, 0.3) is 10.9 Å². The number of pyridine rings is 1. The van der Waals surface area contributed by atoms with Crippen molar-refractivity contribution in [3.05, 3.63) is 35.4 Å². The molecule has 21 heavy (non-hydrogen) atoms. The molecule has 0 saturated carbocycles. The van der Waals surface area contributed by atoms with Crippen LogP contribution < -0.4 is 10.6 Å². The van der Waals surface area contributed by atoms with E-state index >= 15 is 0 Å². The number of piperidine rings is 1. The normalized spacial score (nSPS) is 15.6. The van der Waals surface area contributed by atoms with Gasteiger partial charge in [-0.25, -0.2) is 4.98 Å². The van der Waals surface area contributed by atoms with Gasteiger partial charge in [0.05, 0.1) is 5.52 Å². The van der Waals surface area contributed by atoms with Crippen molar-refractivity contribution in [1.82, 2.24) is 4.98 Å². The van der Waals surface area contributed by atoms with E-state index in [1.54, 1.807) is 0 Å². The monoisotopic (exact) mass is 283 g/mol. The number of hydrogen-bond acceptors (Lipinski definition) is 3. The predicted molar refractivity (Wildman–Crippen MR) is 89.9 cm³/mol. The van der Waals surface area contributed by atoms with E-state index in [9.17, 15) is 0 Å². The van der Waals surface area contributed by atoms with Gasteiger partial charge in [0.1, 0.15) is 5.82 Å². The van der Waals surface area contributed by atoms with Crippen LogP contribution in [0, 0.1) is 6.92 Å². The smallest absolute Gasteiger partial charge is 0.132 e. The maximum atomic E-state index is 5.71. The summed E-state index contributed by atoms with van der Waals surface area (Å²) in [5.41, 5.74) is 9.47. The number of aromatic nitrogens is 1. The van der Waals surface area contributed by atoms with Crippen LogP contribution in [0.1, 0.15) is 36.8 Å². The highest BCUT2D eigenvalue weighted by molar-refractivity contribution is 5.82. The molecule has 0 atom stereocenters. The highest BCUT2D eigenvalue weighted by Crippen LogP contribution is 2.27. The summed E-state index contributed by atoms with van der Waals surface area (Å²) in [7, 11) is 0. The number of hydrogen-bond donors (Lipinski definition) is 1. The largest absolute Gasteiger partial charge is 0.356 e. The first-order valence-electron chi connectivity index (χ1n) is 8.13. The third-order valence-corrected chi connectivity index (χ3v) is 4.33. The van der Waals surface area contributed by atoms with Gasteiger partial charge in [0.15, 0.2) is 0 Å². The third-order valence-electron chi connectivity index (χ3n) is 4.33. The Bertz CT molecular complexity index is 615. The van der Waals surface area contributed by atoms with Crippen LogP contribution in [-0.4, -0.2) is 24.6 Å². The van der Waals surface area contributed by atoms with E-state index in [0.29, 0.717) is 0 Å². The molecule has 3 rings (SSSR count). The number of anilines is 1. The Hall–Kier alpha value is -1.61. The lowest BCUT2D eigenvalue weighted by Gasteiger charge is -2.30. The molecule has 1 fully saturated rings. The van der Waals surface area contributed by atoms with Crippen LogP contribution in [0.3, 0.4) is 0 Å². The summed E-state index contributed by atoms with van der Waals surface area (Å²) in [5, 5.41) is 1.25. The zero-order valence-corrected chi connectivity index (χ0v) is 12.9. The maximum absolute atomic E-state index is 5.71. The fourth-order valence-electron chi connectivity index (χ4n) is 3.19. The zero-order chi connectivity index (χ0) is 14.7. The lowest BCUT2D eigenvalue weighted by atomic mass is 10.0. The van der Waals surface area contributed by atoms with Gasteiger partial charge >= 0.3 is 0 Å². The van der Waals surface area contributed by atoms with Gasteiger partial charge in [-0.1, -0.05) is 11.6 Å². The second-order valence-electron chi connectivity index (χ2n) is 6.11. The van der Waals surface area contributed by atoms with Gasteiger partial charge in [-0.05, 0) is 69.3 Å². The number of aryl methyl sites for hydroxylation is 2. The Balaban J connectivity index is 2.03. The molecule has 0 aliphatic carbocycles. The van der Waals surface area contributed by atoms with Gasteiger partial charge < -0.3 is 10.6 Å². The van der Waals surface area contributed by atoms with Crippen LogP contribution in [0.5, 0.6) is 0 Å². The topological polar surface area (TPSA) is 42.2 Å². The van der Waals surface area contributed by atoms with Crippen LogP contribution in [0.4, 0.5) is 5.82 Å². The second-order valence-corrected chi connectivity index (χ2v) is 6.11. The first-order valence-corrected chi connectivity index (χ1v) is 8.13. The minimum absolute atomic E-state index is 0.741. The highest BCUT2D eigenvalue weighted by Gasteiger charge is 2.16. The maximum Gasteiger partial charge on any atom is 0.132 e. The standard InChI is InChI=1S/C18H25N3/c1-14-7-8-17-16(12-14)13-15(6-5-9-19)18(20-17)21-10-3-2-4-11-21/h7-8,12-13H,2-6,9-11,19H2,1H3. The predicted octanol–water partition coefficient (Wildman–Crippen LogP) is 3.42. The van der Waals surface area contributed by atoms with Gasteiger partial charge in [0, 0.05) is 18.5 Å². The molecule has 3 heteroatoms. The van der Waals surface area contributed by atoms with Crippen molar-refractivity contribution in [2.45, 2.75) is 39.0 Å². The fraction of sp³-hybridized carbons (Fsp3) is 0.500. The quantitative estimate of drug-likeness (QED) is 0.935. The van der Waals surface area contributed by atoms with Gasteiger partial charge in [-0.3, -0.25) is 0 Å². The number of nitrogens with zero attached hydrogens (tertiary/aromatic N) is 2. The van der Waals surface area contributed by atoms with Crippen molar-refractivity contribution < 1.29 is 0 Å². The Kier molecular flexibility index (Phi) is 4.39. The SMILES string of the molecule is Cc1ccc2nc(N3CCCCC3)c(CCCN)cc2c1. The van der Waals surface area contributed by atoms with Crippen LogP contribution in [0.15, 0.2) is 24.3 Å². The van der Waals surface area contributed by atoms with Gasteiger partial charge in [0.2, 0.25) is 0 Å². The third kappa shape index (κ3) is 3.18. The Morgan fingerprint density at radius 2 is 1.95 bits per heavy atom. The highest BCUT2D eigenvalue weighted by atomic mass is 15.2. The molecule has 2 N–H and O–H groups in total. The molecule has 0 bridgehead atoms. The van der Waals surface area contributed by atoms with Crippen LogP contribution in [0.2, 0.25) is 0 Å². The van der Waals surface area contributed by atoms with Gasteiger partial charge in [-0.15, -0.1) is 0 Å². The van der Waals surface area contributed by atoms with Crippen molar-refractivity contribution in [2.75, 3.05) is 24.5 Å². The van der Waals surface area contributed by atoms with E-state index in [1.165, 1.54) is 41.6 Å². The summed E-state index contributed by atoms with van der Waals surface area (Å²) >= 11 is 0. The lowest BCUT2D eigenvalue weighted by molar-refractivity contribution is 0.572. The molecule has 0 unspecified atom stereocenters. The Morgan fingerprint density at radius 3 is 2.71 bits per heavy atom. The van der Waals surface area contributed by atoms with E-state index < -0.39 is 0 Å². The molecule has 2 heterocycles. The Labute approximate surface area is 127 Å². The molecule has 1 saturated heterocycles. The number of rotatable bonds is 4. The molecule has 2 aromatic rings. The first-order chi connectivity index (χ1) is 10.3. The van der Waals surface area contributed by atoms with E-state index in [0.717, 1.165) is 38.0 Å². The fourth-order valence-corrected chi connectivity index (χ4v) is 3.19. The molecule has 0 spiro atoms. The summed E-state index contributed by atoms with van der Waals surface area (Å²) in [6, 6.07) is 8.85. The molecule has 1 aromatic heterocycles. The molecule has 0 amide bonds. The molecule has 1 aromatic carbocycles. The molecular formula is C18H25N3. The summed E-state index contributed by atoms with van der Waals surface area (Å²) in [6.07, 6.45) is 5.97. The van der Waals surface area contributed by atoms with Crippen LogP contribution >= 0.6 is 0 Å². The number of nitrogens with two attached hydrogens (primary N) is 1. The van der Waals surface area contributed by atoms with Gasteiger partial charge in [0.25, 0.3) is 0 Å². The molecule has 1 aliphatic heterocycles. The summed E-state index contributed by atoms with van der Waals surface area (Å²) < 4.78 is 0. The first kappa shape index (κ1) is 14.3. The summed E-state index contributed by atoms with van der Waals surface area (Å²) in [4.78, 5) is 7.44. The van der Waals surface area contributed by atoms with Gasteiger partial charge in [-0.2, -0.15) is 0 Å². The molecule has 0 radical (unpaired) electrons. The minimum atomic E-state index is 0.741. The van der Waals surface area contributed by atoms with E-state index in [1.807, 2.05) is 0 Å². The van der Waals surface area contributed by atoms with E-state index in [-0.39, 0.29) is 0 Å². The number of benzene rings is 1. The second kappa shape index (κ2) is 6.44. The van der Waals surface area contributed by atoms with E-state index in [2.05, 4.69) is 36.1 Å². The zero-order valence-electron chi connectivity index (χ0n) is 12.9. The average molecular weight is 283 g/mol.